The van der Waals surface area contributed by atoms with Crippen LogP contribution in [0.1, 0.15) is 0 Å². The van der Waals surface area contributed by atoms with Crippen LogP contribution in [0.3, 0.4) is 0 Å². The van der Waals surface area contributed by atoms with Gasteiger partial charge in [-0.1, -0.05) is 60.7 Å². The summed E-state index contributed by atoms with van der Waals surface area (Å²) in [5.74, 6) is 0. The van der Waals surface area contributed by atoms with Gasteiger partial charge in [0.05, 0.1) is 0 Å². The fraction of sp³-hybridized carbons (Fsp3) is 0.167. The molecule has 0 aliphatic heterocycles. The molecule has 29 heavy (non-hydrogen) atoms. The van der Waals surface area contributed by atoms with Crippen molar-refractivity contribution in [1.82, 2.24) is 0 Å². The molecule has 0 bridgehead atoms. The highest BCUT2D eigenvalue weighted by atomic mass is 35.7. The number of hydrogen-bond acceptors (Lipinski definition) is 2. The first-order chi connectivity index (χ1) is 13.8. The highest BCUT2D eigenvalue weighted by Crippen LogP contribution is 2.32. The van der Waals surface area contributed by atoms with Crippen LogP contribution < -0.4 is 20.2 Å². The summed E-state index contributed by atoms with van der Waals surface area (Å²) < 4.78 is 0. The molecule has 0 spiro atoms. The Bertz CT molecular complexity index is 1100. The van der Waals surface area contributed by atoms with Gasteiger partial charge in [-0.2, -0.15) is 0 Å². The van der Waals surface area contributed by atoms with E-state index >= 15 is 0 Å². The maximum Gasteiger partial charge on any atom is 0.311 e. The van der Waals surface area contributed by atoms with E-state index in [0.717, 1.165) is 43.3 Å². The number of benzene rings is 4. The molecule has 4 aromatic rings. The van der Waals surface area contributed by atoms with Crippen molar-refractivity contribution in [3.05, 3.63) is 72.8 Å². The Labute approximate surface area is 182 Å². The van der Waals surface area contributed by atoms with Gasteiger partial charge >= 0.3 is 6.69 Å². The van der Waals surface area contributed by atoms with Crippen molar-refractivity contribution < 1.29 is 0 Å². The van der Waals surface area contributed by atoms with E-state index in [0.29, 0.717) is 0 Å². The van der Waals surface area contributed by atoms with Crippen LogP contribution in [0.4, 0.5) is 11.4 Å². The monoisotopic (exact) mass is 438 g/mol. The normalized spacial score (nSPS) is 11.8. The number of anilines is 2. The molecule has 0 aliphatic carbocycles. The number of nitrogens with zero attached hydrogens (tertiary/aromatic N) is 2. The third-order valence-corrected chi connectivity index (χ3v) is 10.0. The first-order valence-electron chi connectivity index (χ1n) is 9.59. The fourth-order valence-corrected chi connectivity index (χ4v) is 8.02. The van der Waals surface area contributed by atoms with Crippen LogP contribution in [-0.2, 0) is 0 Å². The predicted molar refractivity (Wildman–Crippen MR) is 133 cm³/mol. The van der Waals surface area contributed by atoms with E-state index in [1.807, 2.05) is 0 Å². The van der Waals surface area contributed by atoms with Gasteiger partial charge in [0.2, 0.25) is 0 Å². The smallest absolute Gasteiger partial charge is 0.311 e. The molecular weight excluding hydrogens is 415 g/mol. The van der Waals surface area contributed by atoms with Crippen LogP contribution in [0, 0.1) is 0 Å². The molecule has 0 N–H and O–H groups in total. The summed E-state index contributed by atoms with van der Waals surface area (Å²) in [7, 11) is 8.22. The Morgan fingerprint density at radius 3 is 1.24 bits per heavy atom. The maximum atomic E-state index is 7.37. The van der Waals surface area contributed by atoms with E-state index in [9.17, 15) is 0 Å². The van der Waals surface area contributed by atoms with Crippen LogP contribution in [0.5, 0.6) is 0 Å². The van der Waals surface area contributed by atoms with Crippen LogP contribution >= 0.6 is 22.2 Å². The summed E-state index contributed by atoms with van der Waals surface area (Å²) in [4.78, 5) is 4.25. The quantitative estimate of drug-likeness (QED) is 0.320. The lowest BCUT2D eigenvalue weighted by molar-refractivity contribution is 1.14. The Morgan fingerprint density at radius 2 is 0.897 bits per heavy atom. The molecule has 5 heteroatoms. The second-order valence-corrected chi connectivity index (χ2v) is 13.9. The van der Waals surface area contributed by atoms with Gasteiger partial charge in [-0.3, -0.25) is 0 Å². The summed E-state index contributed by atoms with van der Waals surface area (Å²) in [6.07, 6.45) is 0. The Morgan fingerprint density at radius 1 is 0.552 bits per heavy atom. The van der Waals surface area contributed by atoms with Gasteiger partial charge < -0.3 is 9.80 Å². The molecule has 0 atom stereocenters. The van der Waals surface area contributed by atoms with Crippen molar-refractivity contribution in [1.29, 1.82) is 0 Å². The molecule has 0 saturated heterocycles. The van der Waals surface area contributed by atoms with E-state index in [2.05, 4.69) is 111 Å². The lowest BCUT2D eigenvalue weighted by Gasteiger charge is -2.26. The van der Waals surface area contributed by atoms with Crippen LogP contribution in [0.25, 0.3) is 21.5 Å². The molecule has 0 unspecified atom stereocenters. The van der Waals surface area contributed by atoms with Gasteiger partial charge in [0.25, 0.3) is 0 Å². The lowest BCUT2D eigenvalue weighted by Crippen LogP contribution is -2.49. The minimum Gasteiger partial charge on any atom is -0.377 e. The molecule has 2 nitrogen and oxygen atoms in total. The van der Waals surface area contributed by atoms with E-state index in [1.165, 1.54) is 0 Å². The van der Waals surface area contributed by atoms with Gasteiger partial charge in [0.1, 0.15) is 0 Å². The topological polar surface area (TPSA) is 6.48 Å². The second-order valence-electron chi connectivity index (χ2n) is 7.72. The van der Waals surface area contributed by atoms with E-state index in [4.69, 9.17) is 22.2 Å². The molecule has 0 fully saturated rings. The molecule has 4 rings (SSSR count). The average molecular weight is 439 g/mol. The highest BCUT2D eigenvalue weighted by Gasteiger charge is 2.38. The minimum atomic E-state index is -3.05. The van der Waals surface area contributed by atoms with Gasteiger partial charge in [0, 0.05) is 50.3 Å². The molecule has 0 saturated carbocycles. The van der Waals surface area contributed by atoms with Crippen LogP contribution in [0.2, 0.25) is 0 Å². The van der Waals surface area contributed by atoms with Crippen molar-refractivity contribution in [2.45, 2.75) is 0 Å². The van der Waals surface area contributed by atoms with Gasteiger partial charge in [-0.25, -0.2) is 0 Å². The first-order valence-corrected chi connectivity index (χ1v) is 13.6. The van der Waals surface area contributed by atoms with Gasteiger partial charge in [-0.05, 0) is 33.3 Å². The van der Waals surface area contributed by atoms with Crippen molar-refractivity contribution in [3.63, 3.8) is 0 Å². The SMILES string of the molecule is CN(C)c1cccc2cccc([Si](Cl)(Cl)c3cccc4cccc(N(C)C)c34)c12. The van der Waals surface area contributed by atoms with E-state index in [-0.39, 0.29) is 0 Å². The van der Waals surface area contributed by atoms with E-state index in [1.54, 1.807) is 0 Å². The third kappa shape index (κ3) is 3.37. The minimum absolute atomic E-state index is 1.03. The van der Waals surface area contributed by atoms with Crippen molar-refractivity contribution in [3.8, 4) is 0 Å². The zero-order valence-corrected chi connectivity index (χ0v) is 19.6. The molecule has 148 valence electrons. The highest BCUT2D eigenvalue weighted by molar-refractivity contribution is 7.57. The summed E-state index contributed by atoms with van der Waals surface area (Å²) in [5.41, 5.74) is 2.26. The van der Waals surface area contributed by atoms with Gasteiger partial charge in [-0.15, -0.1) is 22.2 Å². The third-order valence-electron chi connectivity index (χ3n) is 5.41. The predicted octanol–water partition coefficient (Wildman–Crippen LogP) is 5.16. The van der Waals surface area contributed by atoms with Crippen molar-refractivity contribution >= 4 is 72.1 Å². The average Bonchev–Trinajstić information content (AvgIpc) is 2.71. The molecule has 0 heterocycles. The van der Waals surface area contributed by atoms with Crippen molar-refractivity contribution in [2.75, 3.05) is 38.0 Å². The Hall–Kier alpha value is -2.20. The Balaban J connectivity index is 2.08. The lowest BCUT2D eigenvalue weighted by atomic mass is 10.1. The molecule has 0 aliphatic rings. The number of fused-ring (bicyclic) bond motifs is 2. The zero-order valence-electron chi connectivity index (χ0n) is 17.1. The standard InChI is InChI=1S/C24H24Cl2N2Si/c1-27(2)19-13-5-9-17-11-7-15-21(23(17)19)29(25,26)22-16-8-12-18-10-6-14-20(24(18)22)28(3)4/h5-16H,1-4H3. The van der Waals surface area contributed by atoms with Crippen LogP contribution in [-0.4, -0.2) is 34.9 Å². The number of halogens is 2. The zero-order chi connectivity index (χ0) is 20.8. The molecular formula is C24H24Cl2N2Si. The van der Waals surface area contributed by atoms with E-state index < -0.39 is 6.69 Å². The fourth-order valence-electron chi connectivity index (χ4n) is 4.06. The number of hydrogen-bond donors (Lipinski definition) is 0. The van der Waals surface area contributed by atoms with Crippen LogP contribution in [0.15, 0.2) is 72.8 Å². The summed E-state index contributed by atoms with van der Waals surface area (Å²) in [5, 5.41) is 6.64. The summed E-state index contributed by atoms with van der Waals surface area (Å²) >= 11 is 14.7. The largest absolute Gasteiger partial charge is 0.377 e. The second kappa shape index (κ2) is 7.56. The van der Waals surface area contributed by atoms with Crippen molar-refractivity contribution in [2.24, 2.45) is 0 Å². The molecule has 4 aromatic carbocycles. The summed E-state index contributed by atoms with van der Waals surface area (Å²) in [6, 6.07) is 25.2. The number of rotatable bonds is 4. The summed E-state index contributed by atoms with van der Waals surface area (Å²) in [6.45, 7) is -3.05. The molecule has 0 aromatic heterocycles. The Kier molecular flexibility index (Phi) is 5.24. The molecule has 0 radical (unpaired) electrons. The maximum absolute atomic E-state index is 7.37. The molecule has 0 amide bonds. The first kappa shape index (κ1) is 20.1. The van der Waals surface area contributed by atoms with Gasteiger partial charge in [0.15, 0.2) is 0 Å².